The number of likely N-dealkylation sites (tertiary alicyclic amines) is 1. The van der Waals surface area contributed by atoms with Crippen molar-refractivity contribution < 1.29 is 18.7 Å². The average molecular weight is 499 g/mol. The first-order valence-electron chi connectivity index (χ1n) is 11.8. The van der Waals surface area contributed by atoms with Crippen molar-refractivity contribution in [3.63, 3.8) is 0 Å². The Morgan fingerprint density at radius 2 is 1.97 bits per heavy atom. The van der Waals surface area contributed by atoms with Crippen molar-refractivity contribution in [1.29, 1.82) is 0 Å². The zero-order chi connectivity index (χ0) is 24.6. The number of nitrogens with zero attached hydrogens (tertiary/aromatic N) is 3. The molecule has 0 unspecified atom stereocenters. The highest BCUT2D eigenvalue weighted by Gasteiger charge is 2.19. The van der Waals surface area contributed by atoms with Crippen molar-refractivity contribution in [2.24, 2.45) is 0 Å². The lowest BCUT2D eigenvalue weighted by Gasteiger charge is -2.20. The zero-order valence-corrected chi connectivity index (χ0v) is 20.6. The standard InChI is InChI=1S/C25H30N4O5S/c1-33-14-10-26-23(31)18-8-9-20-21(15-18)27-25(29(24(20)32)16-19-7-6-13-34-19)35-17-22(30)28-11-4-2-3-5-12-28/h6-9,13,15H,2-5,10-12,14,16-17H2,1H3,(H,26,31). The second kappa shape index (κ2) is 12.0. The van der Waals surface area contributed by atoms with Crippen LogP contribution in [0, 0.1) is 0 Å². The Labute approximate surface area is 207 Å². The molecular weight excluding hydrogens is 468 g/mol. The molecule has 35 heavy (non-hydrogen) atoms. The fourth-order valence-corrected chi connectivity index (χ4v) is 4.96. The summed E-state index contributed by atoms with van der Waals surface area (Å²) in [6, 6.07) is 8.39. The van der Waals surface area contributed by atoms with Gasteiger partial charge in [0.1, 0.15) is 5.76 Å². The van der Waals surface area contributed by atoms with Crippen molar-refractivity contribution in [1.82, 2.24) is 19.8 Å². The number of fused-ring (bicyclic) bond motifs is 1. The maximum Gasteiger partial charge on any atom is 0.262 e. The number of rotatable bonds is 9. The van der Waals surface area contributed by atoms with Crippen LogP contribution in [0.3, 0.4) is 0 Å². The molecule has 3 aromatic rings. The highest BCUT2D eigenvalue weighted by Crippen LogP contribution is 2.21. The minimum Gasteiger partial charge on any atom is -0.467 e. The second-order valence-corrected chi connectivity index (χ2v) is 9.37. The van der Waals surface area contributed by atoms with Gasteiger partial charge in [0.25, 0.3) is 11.5 Å². The highest BCUT2D eigenvalue weighted by atomic mass is 32.2. The first-order valence-corrected chi connectivity index (χ1v) is 12.8. The van der Waals surface area contributed by atoms with Gasteiger partial charge in [-0.1, -0.05) is 24.6 Å². The minimum absolute atomic E-state index is 0.0436. The number of hydrogen-bond donors (Lipinski definition) is 1. The van der Waals surface area contributed by atoms with Crippen LogP contribution in [0.25, 0.3) is 10.9 Å². The number of amides is 2. The van der Waals surface area contributed by atoms with Gasteiger partial charge in [-0.2, -0.15) is 0 Å². The van der Waals surface area contributed by atoms with Crippen LogP contribution in [-0.2, 0) is 16.1 Å². The van der Waals surface area contributed by atoms with E-state index in [2.05, 4.69) is 5.32 Å². The van der Waals surface area contributed by atoms with Gasteiger partial charge in [0, 0.05) is 32.3 Å². The predicted octanol–water partition coefficient (Wildman–Crippen LogP) is 2.91. The molecule has 0 saturated carbocycles. The normalized spacial score (nSPS) is 14.1. The Balaban J connectivity index is 1.63. The molecular formula is C25H30N4O5S. The molecule has 1 N–H and O–H groups in total. The summed E-state index contributed by atoms with van der Waals surface area (Å²) in [5.41, 5.74) is 0.568. The summed E-state index contributed by atoms with van der Waals surface area (Å²) in [6.45, 7) is 2.52. The van der Waals surface area contributed by atoms with Crippen LogP contribution >= 0.6 is 11.8 Å². The summed E-state index contributed by atoms with van der Waals surface area (Å²) in [7, 11) is 1.57. The van der Waals surface area contributed by atoms with Crippen molar-refractivity contribution in [2.75, 3.05) is 39.1 Å². The number of thioether (sulfide) groups is 1. The Morgan fingerprint density at radius 1 is 1.17 bits per heavy atom. The Kier molecular flexibility index (Phi) is 8.59. The van der Waals surface area contributed by atoms with Gasteiger partial charge in [0.15, 0.2) is 5.16 Å². The van der Waals surface area contributed by atoms with Gasteiger partial charge < -0.3 is 19.4 Å². The topological polar surface area (TPSA) is 107 Å². The Hall–Kier alpha value is -3.11. The number of benzene rings is 1. The molecule has 1 fully saturated rings. The number of aromatic nitrogens is 2. The number of carbonyl (C=O) groups is 2. The zero-order valence-electron chi connectivity index (χ0n) is 19.8. The molecule has 3 heterocycles. The lowest BCUT2D eigenvalue weighted by Crippen LogP contribution is -2.33. The van der Waals surface area contributed by atoms with Gasteiger partial charge in [-0.15, -0.1) is 0 Å². The van der Waals surface area contributed by atoms with Gasteiger partial charge in [-0.3, -0.25) is 19.0 Å². The van der Waals surface area contributed by atoms with Crippen molar-refractivity contribution in [3.05, 3.63) is 58.3 Å². The summed E-state index contributed by atoms with van der Waals surface area (Å²) in [4.78, 5) is 45.4. The van der Waals surface area contributed by atoms with Crippen LogP contribution in [0.15, 0.2) is 51.0 Å². The van der Waals surface area contributed by atoms with E-state index in [-0.39, 0.29) is 29.7 Å². The highest BCUT2D eigenvalue weighted by molar-refractivity contribution is 7.99. The second-order valence-electron chi connectivity index (χ2n) is 8.43. The summed E-state index contributed by atoms with van der Waals surface area (Å²) in [6.07, 6.45) is 5.88. The largest absolute Gasteiger partial charge is 0.467 e. The molecule has 1 aliphatic heterocycles. The fourth-order valence-electron chi connectivity index (χ4n) is 4.06. The van der Waals surface area contributed by atoms with E-state index in [1.807, 2.05) is 4.90 Å². The minimum atomic E-state index is -0.268. The van der Waals surface area contributed by atoms with Crippen molar-refractivity contribution in [2.45, 2.75) is 37.4 Å². The third-order valence-corrected chi connectivity index (χ3v) is 6.91. The molecule has 0 bridgehead atoms. The van der Waals surface area contributed by atoms with Gasteiger partial charge in [-0.25, -0.2) is 4.98 Å². The van der Waals surface area contributed by atoms with E-state index in [1.165, 1.54) is 16.3 Å². The van der Waals surface area contributed by atoms with Crippen LogP contribution in [-0.4, -0.2) is 65.4 Å². The smallest absolute Gasteiger partial charge is 0.262 e. The SMILES string of the molecule is COCCNC(=O)c1ccc2c(=O)n(Cc3ccco3)c(SCC(=O)N3CCCCCC3)nc2c1. The van der Waals surface area contributed by atoms with Crippen molar-refractivity contribution >= 4 is 34.5 Å². The van der Waals surface area contributed by atoms with Gasteiger partial charge in [-0.05, 0) is 43.2 Å². The first-order chi connectivity index (χ1) is 17.1. The Morgan fingerprint density at radius 3 is 2.69 bits per heavy atom. The molecule has 2 amide bonds. The number of furan rings is 1. The lowest BCUT2D eigenvalue weighted by atomic mass is 10.1. The number of nitrogens with one attached hydrogen (secondary N) is 1. The van der Waals surface area contributed by atoms with Crippen LogP contribution in [0.1, 0.15) is 41.8 Å². The Bertz CT molecular complexity index is 1220. The molecule has 1 aromatic carbocycles. The maximum absolute atomic E-state index is 13.4. The molecule has 0 spiro atoms. The average Bonchev–Trinajstić information content (AvgIpc) is 3.23. The summed E-state index contributed by atoms with van der Waals surface area (Å²) >= 11 is 1.24. The molecule has 0 radical (unpaired) electrons. The van der Waals surface area contributed by atoms with E-state index >= 15 is 0 Å². The van der Waals surface area contributed by atoms with Crippen LogP contribution in [0.4, 0.5) is 0 Å². The number of ether oxygens (including phenoxy) is 1. The molecule has 0 aliphatic carbocycles. The van der Waals surface area contributed by atoms with E-state index < -0.39 is 0 Å². The maximum atomic E-state index is 13.4. The first kappa shape index (κ1) is 25.0. The lowest BCUT2D eigenvalue weighted by molar-refractivity contribution is -0.128. The van der Waals surface area contributed by atoms with Gasteiger partial charge in [0.05, 0.1) is 36.1 Å². The quantitative estimate of drug-likeness (QED) is 0.275. The number of hydrogen-bond acceptors (Lipinski definition) is 7. The molecule has 1 saturated heterocycles. The fraction of sp³-hybridized carbons (Fsp3) is 0.440. The summed E-state index contributed by atoms with van der Waals surface area (Å²) in [5.74, 6) is 0.578. The van der Waals surface area contributed by atoms with E-state index in [0.717, 1.165) is 38.8 Å². The molecule has 4 rings (SSSR count). The van der Waals surface area contributed by atoms with Crippen LogP contribution < -0.4 is 10.9 Å². The summed E-state index contributed by atoms with van der Waals surface area (Å²) < 4.78 is 12.0. The van der Waals surface area contributed by atoms with Gasteiger partial charge >= 0.3 is 0 Å². The molecule has 186 valence electrons. The molecule has 10 heteroatoms. The molecule has 0 atom stereocenters. The number of methoxy groups -OCH3 is 1. The monoisotopic (exact) mass is 498 g/mol. The van der Waals surface area contributed by atoms with Crippen LogP contribution in [0.5, 0.6) is 0 Å². The van der Waals surface area contributed by atoms with E-state index in [1.54, 1.807) is 43.7 Å². The van der Waals surface area contributed by atoms with E-state index in [4.69, 9.17) is 14.1 Å². The van der Waals surface area contributed by atoms with Crippen LogP contribution in [0.2, 0.25) is 0 Å². The van der Waals surface area contributed by atoms with Gasteiger partial charge in [0.2, 0.25) is 5.91 Å². The van der Waals surface area contributed by atoms with Crippen molar-refractivity contribution in [3.8, 4) is 0 Å². The number of carbonyl (C=O) groups excluding carboxylic acids is 2. The third-order valence-electron chi connectivity index (χ3n) is 5.95. The van der Waals surface area contributed by atoms with E-state index in [0.29, 0.717) is 40.5 Å². The molecule has 1 aliphatic rings. The molecule has 9 nitrogen and oxygen atoms in total. The molecule has 2 aromatic heterocycles. The summed E-state index contributed by atoms with van der Waals surface area (Å²) in [5, 5.41) is 3.59. The van der Waals surface area contributed by atoms with E-state index in [9.17, 15) is 14.4 Å². The predicted molar refractivity (Wildman–Crippen MR) is 134 cm³/mol. The third kappa shape index (κ3) is 6.32.